The van der Waals surface area contributed by atoms with E-state index in [-0.39, 0.29) is 36.3 Å². The third-order valence-corrected chi connectivity index (χ3v) is 4.37. The minimum atomic E-state index is -2.97. The molecule has 1 aromatic rings. The molecule has 144 valence electrons. The Morgan fingerprint density at radius 2 is 1.96 bits per heavy atom. The minimum absolute atomic E-state index is 0. The summed E-state index contributed by atoms with van der Waals surface area (Å²) in [5.74, 6) is 0.739. The Morgan fingerprint density at radius 1 is 1.24 bits per heavy atom. The van der Waals surface area contributed by atoms with Gasteiger partial charge in [-0.1, -0.05) is 29.8 Å². The van der Waals surface area contributed by atoms with E-state index >= 15 is 0 Å². The maximum Gasteiger partial charge on any atom is 0.191 e. The molecule has 0 radical (unpaired) electrons. The molecule has 0 aliphatic carbocycles. The van der Waals surface area contributed by atoms with Gasteiger partial charge < -0.3 is 15.4 Å². The average Bonchev–Trinajstić information content (AvgIpc) is 2.51. The normalized spacial score (nSPS) is 11.7. The number of guanidine groups is 1. The van der Waals surface area contributed by atoms with Crippen molar-refractivity contribution >= 4 is 51.4 Å². The molecule has 6 nitrogen and oxygen atoms in total. The summed E-state index contributed by atoms with van der Waals surface area (Å²) >= 11 is 6.13. The second-order valence-corrected chi connectivity index (χ2v) is 7.94. The van der Waals surface area contributed by atoms with Gasteiger partial charge in [-0.15, -0.1) is 24.0 Å². The topological polar surface area (TPSA) is 79.8 Å². The minimum Gasteiger partial charge on any atom is -0.378 e. The molecular formula is C16H27ClIN3O3S. The van der Waals surface area contributed by atoms with Crippen molar-refractivity contribution in [2.75, 3.05) is 44.9 Å². The molecule has 0 saturated heterocycles. The molecule has 25 heavy (non-hydrogen) atoms. The summed E-state index contributed by atoms with van der Waals surface area (Å²) in [6, 6.07) is 7.76. The number of nitrogens with zero attached hydrogens (tertiary/aromatic N) is 1. The Balaban J connectivity index is 0.00000576. The molecule has 0 aliphatic rings. The van der Waals surface area contributed by atoms with E-state index in [4.69, 9.17) is 16.3 Å². The number of hydrogen-bond donors (Lipinski definition) is 2. The van der Waals surface area contributed by atoms with Gasteiger partial charge in [0.1, 0.15) is 9.84 Å². The van der Waals surface area contributed by atoms with Crippen molar-refractivity contribution < 1.29 is 13.2 Å². The summed E-state index contributed by atoms with van der Waals surface area (Å²) in [7, 11) is -2.97. The molecule has 0 spiro atoms. The van der Waals surface area contributed by atoms with Crippen LogP contribution in [0.25, 0.3) is 0 Å². The van der Waals surface area contributed by atoms with Crippen molar-refractivity contribution in [3.05, 3.63) is 34.9 Å². The van der Waals surface area contributed by atoms with E-state index in [0.717, 1.165) is 23.6 Å². The number of benzene rings is 1. The van der Waals surface area contributed by atoms with Gasteiger partial charge in [0.05, 0.1) is 25.5 Å². The smallest absolute Gasteiger partial charge is 0.191 e. The van der Waals surface area contributed by atoms with Crippen LogP contribution in [0.1, 0.15) is 12.5 Å². The molecule has 1 rings (SSSR count). The lowest BCUT2D eigenvalue weighted by molar-refractivity contribution is 0.157. The van der Waals surface area contributed by atoms with E-state index in [1.807, 2.05) is 31.2 Å². The van der Waals surface area contributed by atoms with Crippen LogP contribution >= 0.6 is 35.6 Å². The van der Waals surface area contributed by atoms with Crippen LogP contribution < -0.4 is 10.6 Å². The van der Waals surface area contributed by atoms with Gasteiger partial charge in [0.15, 0.2) is 5.96 Å². The highest BCUT2D eigenvalue weighted by Crippen LogP contribution is 2.14. The van der Waals surface area contributed by atoms with Crippen molar-refractivity contribution in [3.63, 3.8) is 0 Å². The number of halogens is 2. The molecule has 2 N–H and O–H groups in total. The van der Waals surface area contributed by atoms with E-state index in [2.05, 4.69) is 15.6 Å². The predicted octanol–water partition coefficient (Wildman–Crippen LogP) is 2.12. The number of ether oxygens (including phenoxy) is 1. The van der Waals surface area contributed by atoms with Crippen molar-refractivity contribution in [2.45, 2.75) is 13.3 Å². The molecular weight excluding hydrogens is 477 g/mol. The summed E-state index contributed by atoms with van der Waals surface area (Å²) in [5, 5.41) is 7.16. The first kappa shape index (κ1) is 24.4. The highest BCUT2D eigenvalue weighted by atomic mass is 127. The molecule has 0 aliphatic heterocycles. The summed E-state index contributed by atoms with van der Waals surface area (Å²) in [6.07, 6.45) is 2.00. The Kier molecular flexibility index (Phi) is 13.3. The van der Waals surface area contributed by atoms with Gasteiger partial charge in [0, 0.05) is 24.4 Å². The highest BCUT2D eigenvalue weighted by molar-refractivity contribution is 14.0. The van der Waals surface area contributed by atoms with Crippen molar-refractivity contribution in [1.29, 1.82) is 0 Å². The molecule has 0 heterocycles. The molecule has 0 saturated carbocycles. The number of rotatable bonds is 10. The maximum atomic E-state index is 11.0. The van der Waals surface area contributed by atoms with Crippen molar-refractivity contribution in [3.8, 4) is 0 Å². The summed E-state index contributed by atoms with van der Waals surface area (Å²) in [6.45, 7) is 4.51. The SMILES string of the molecule is CCNC(=NCCOCCS(C)(=O)=O)NCCc1ccccc1Cl.I. The van der Waals surface area contributed by atoms with Crippen LogP contribution in [0, 0.1) is 0 Å². The quantitative estimate of drug-likeness (QED) is 0.221. The summed E-state index contributed by atoms with van der Waals surface area (Å²) < 4.78 is 27.2. The van der Waals surface area contributed by atoms with Crippen LogP contribution in [0.4, 0.5) is 0 Å². The molecule has 1 aromatic carbocycles. The zero-order valence-corrected chi connectivity index (χ0v) is 18.5. The van der Waals surface area contributed by atoms with Gasteiger partial charge >= 0.3 is 0 Å². The molecule has 0 atom stereocenters. The monoisotopic (exact) mass is 503 g/mol. The van der Waals surface area contributed by atoms with Crippen LogP contribution in [0.2, 0.25) is 5.02 Å². The number of sulfone groups is 1. The van der Waals surface area contributed by atoms with E-state index in [1.54, 1.807) is 0 Å². The van der Waals surface area contributed by atoms with Crippen LogP contribution in [-0.4, -0.2) is 59.2 Å². The van der Waals surface area contributed by atoms with Gasteiger partial charge in [0.25, 0.3) is 0 Å². The first-order valence-corrected chi connectivity index (χ1v) is 10.4. The molecule has 0 amide bonds. The number of nitrogens with one attached hydrogen (secondary N) is 2. The zero-order valence-electron chi connectivity index (χ0n) is 14.6. The van der Waals surface area contributed by atoms with Crippen molar-refractivity contribution in [1.82, 2.24) is 10.6 Å². The number of hydrogen-bond acceptors (Lipinski definition) is 4. The lowest BCUT2D eigenvalue weighted by Crippen LogP contribution is -2.38. The van der Waals surface area contributed by atoms with Gasteiger partial charge in [-0.2, -0.15) is 0 Å². The molecule has 0 aromatic heterocycles. The maximum absolute atomic E-state index is 11.0. The Morgan fingerprint density at radius 3 is 2.60 bits per heavy atom. The first-order chi connectivity index (χ1) is 11.4. The average molecular weight is 504 g/mol. The predicted molar refractivity (Wildman–Crippen MR) is 115 cm³/mol. The van der Waals surface area contributed by atoms with E-state index < -0.39 is 9.84 Å². The van der Waals surface area contributed by atoms with Crippen LogP contribution in [0.15, 0.2) is 29.3 Å². The summed E-state index contributed by atoms with van der Waals surface area (Å²) in [4.78, 5) is 4.39. The Hall–Kier alpha value is -0.580. The standard InChI is InChI=1S/C16H26ClN3O3S.HI/c1-3-18-16(20-10-11-23-12-13-24(2,21)22)19-9-8-14-6-4-5-7-15(14)17;/h4-7H,3,8-13H2,1-2H3,(H2,18,19,20);1H. The third-order valence-electron chi connectivity index (χ3n) is 3.09. The van der Waals surface area contributed by atoms with E-state index in [9.17, 15) is 8.42 Å². The van der Waals surface area contributed by atoms with Crippen LogP contribution in [0.5, 0.6) is 0 Å². The Bertz CT molecular complexity index is 627. The molecule has 0 fully saturated rings. The third kappa shape index (κ3) is 12.4. The van der Waals surface area contributed by atoms with Gasteiger partial charge in [-0.25, -0.2) is 8.42 Å². The van der Waals surface area contributed by atoms with E-state index in [0.29, 0.717) is 25.7 Å². The Labute approximate surface area is 172 Å². The highest BCUT2D eigenvalue weighted by Gasteiger charge is 2.02. The number of aliphatic imine (C=N–C) groups is 1. The van der Waals surface area contributed by atoms with Gasteiger partial charge in [-0.05, 0) is 25.0 Å². The largest absolute Gasteiger partial charge is 0.378 e. The van der Waals surface area contributed by atoms with Gasteiger partial charge in [-0.3, -0.25) is 4.99 Å². The molecule has 0 bridgehead atoms. The fraction of sp³-hybridized carbons (Fsp3) is 0.562. The zero-order chi connectivity index (χ0) is 17.8. The van der Waals surface area contributed by atoms with Crippen molar-refractivity contribution in [2.24, 2.45) is 4.99 Å². The lowest BCUT2D eigenvalue weighted by atomic mass is 10.1. The van der Waals surface area contributed by atoms with Crippen LogP contribution in [-0.2, 0) is 21.0 Å². The van der Waals surface area contributed by atoms with E-state index in [1.165, 1.54) is 6.26 Å². The molecule has 0 unspecified atom stereocenters. The fourth-order valence-electron chi connectivity index (χ4n) is 1.89. The first-order valence-electron chi connectivity index (χ1n) is 7.93. The fourth-order valence-corrected chi connectivity index (χ4v) is 2.54. The van der Waals surface area contributed by atoms with Gasteiger partial charge in [0.2, 0.25) is 0 Å². The second-order valence-electron chi connectivity index (χ2n) is 5.27. The van der Waals surface area contributed by atoms with Crippen LogP contribution in [0.3, 0.4) is 0 Å². The summed E-state index contributed by atoms with van der Waals surface area (Å²) in [5.41, 5.74) is 1.09. The molecule has 9 heteroatoms. The second kappa shape index (κ2) is 13.6. The lowest BCUT2D eigenvalue weighted by Gasteiger charge is -2.12.